The van der Waals surface area contributed by atoms with Crippen molar-refractivity contribution in [1.82, 2.24) is 9.55 Å². The quantitative estimate of drug-likeness (QED) is 0.249. The first kappa shape index (κ1) is 23.8. The van der Waals surface area contributed by atoms with E-state index in [4.69, 9.17) is 14.5 Å². The van der Waals surface area contributed by atoms with Crippen LogP contribution in [0.4, 0.5) is 0 Å². The molecule has 1 atom stereocenters. The maximum Gasteiger partial charge on any atom is 0.178 e. The molecule has 1 unspecified atom stereocenters. The van der Waals surface area contributed by atoms with E-state index in [9.17, 15) is 4.55 Å². The van der Waals surface area contributed by atoms with E-state index in [-0.39, 0.29) is 0 Å². The van der Waals surface area contributed by atoms with Crippen molar-refractivity contribution < 1.29 is 14.0 Å². The zero-order valence-corrected chi connectivity index (χ0v) is 21.6. The molecule has 0 spiro atoms. The number of aromatic nitrogens is 2. The summed E-state index contributed by atoms with van der Waals surface area (Å²) in [7, 11) is 3.31. The number of hydrogen-bond donors (Lipinski definition) is 0. The molecule has 33 heavy (non-hydrogen) atoms. The van der Waals surface area contributed by atoms with Crippen LogP contribution in [-0.2, 0) is 22.5 Å². The fourth-order valence-corrected chi connectivity index (χ4v) is 5.79. The van der Waals surface area contributed by atoms with Gasteiger partial charge >= 0.3 is 0 Å². The first-order chi connectivity index (χ1) is 16.0. The molecule has 4 aromatic rings. The van der Waals surface area contributed by atoms with Gasteiger partial charge in [0.1, 0.15) is 27.1 Å². The molecule has 7 heteroatoms. The van der Waals surface area contributed by atoms with Gasteiger partial charge in [0.2, 0.25) is 0 Å². The molecule has 1 heterocycles. The Morgan fingerprint density at radius 3 is 2.36 bits per heavy atom. The zero-order valence-electron chi connectivity index (χ0n) is 19.2. The number of benzene rings is 3. The summed E-state index contributed by atoms with van der Waals surface area (Å²) in [6.07, 6.45) is 0. The molecule has 0 radical (unpaired) electrons. The first-order valence-electron chi connectivity index (χ1n) is 10.8. The van der Waals surface area contributed by atoms with Crippen LogP contribution in [-0.4, -0.2) is 34.9 Å². The molecule has 0 saturated heterocycles. The molecule has 0 fully saturated rings. The number of fused-ring (bicyclic) bond motifs is 1. The number of rotatable bonds is 8. The Labute approximate surface area is 206 Å². The van der Waals surface area contributed by atoms with Crippen LogP contribution in [0.1, 0.15) is 25.3 Å². The largest absolute Gasteiger partial charge is 0.606 e. The molecule has 172 valence electrons. The van der Waals surface area contributed by atoms with Crippen molar-refractivity contribution in [3.8, 4) is 17.1 Å². The highest BCUT2D eigenvalue weighted by atomic mass is 79.9. The van der Waals surface area contributed by atoms with Gasteiger partial charge in [0, 0.05) is 36.5 Å². The van der Waals surface area contributed by atoms with Crippen molar-refractivity contribution in [2.24, 2.45) is 0 Å². The highest BCUT2D eigenvalue weighted by Gasteiger charge is 2.27. The highest BCUT2D eigenvalue weighted by Crippen LogP contribution is 2.41. The van der Waals surface area contributed by atoms with Crippen LogP contribution in [0.5, 0.6) is 5.75 Å². The molecule has 3 aromatic carbocycles. The van der Waals surface area contributed by atoms with Gasteiger partial charge in [-0.15, -0.1) is 0 Å². The van der Waals surface area contributed by atoms with Crippen molar-refractivity contribution in [3.05, 3.63) is 70.7 Å². The molecular formula is C26H27BrN2O3S. The summed E-state index contributed by atoms with van der Waals surface area (Å²) >= 11 is 2.32. The highest BCUT2D eigenvalue weighted by molar-refractivity contribution is 9.10. The Morgan fingerprint density at radius 1 is 1.06 bits per heavy atom. The van der Waals surface area contributed by atoms with Gasteiger partial charge in [0.15, 0.2) is 9.79 Å². The van der Waals surface area contributed by atoms with E-state index in [0.717, 1.165) is 21.8 Å². The van der Waals surface area contributed by atoms with Gasteiger partial charge in [0.05, 0.1) is 13.7 Å². The normalized spacial score (nSPS) is 12.5. The third-order valence-corrected chi connectivity index (χ3v) is 8.11. The summed E-state index contributed by atoms with van der Waals surface area (Å²) in [6.45, 7) is 5.50. The summed E-state index contributed by atoms with van der Waals surface area (Å²) in [6, 6.07) is 19.7. The van der Waals surface area contributed by atoms with E-state index in [2.05, 4.69) is 58.6 Å². The fourth-order valence-electron chi connectivity index (χ4n) is 3.82. The molecule has 0 N–H and O–H groups in total. The van der Waals surface area contributed by atoms with Gasteiger partial charge < -0.3 is 18.6 Å². The van der Waals surface area contributed by atoms with Crippen LogP contribution in [0.2, 0.25) is 0 Å². The predicted molar refractivity (Wildman–Crippen MR) is 137 cm³/mol. The third kappa shape index (κ3) is 4.68. The minimum absolute atomic E-state index is 0.455. The minimum Gasteiger partial charge on any atom is -0.606 e. The van der Waals surface area contributed by atoms with E-state index in [1.54, 1.807) is 14.2 Å². The Balaban J connectivity index is 1.93. The molecule has 0 saturated carbocycles. The number of methoxy groups -OCH3 is 2. The topological polar surface area (TPSA) is 59.3 Å². The van der Waals surface area contributed by atoms with E-state index in [0.29, 0.717) is 39.7 Å². The standard InChI is InChI=1S/C26H27BrN2O3S/c1-17(2)18-10-12-19(13-11-18)26-28-24-23(27)22(33(30)20-8-6-5-7-9-20)16-21(32-4)25(24)29(26)14-15-31-3/h5-13,16-17H,14-15H2,1-4H3. The second kappa shape index (κ2) is 10.3. The lowest BCUT2D eigenvalue weighted by molar-refractivity contribution is 0.188. The van der Waals surface area contributed by atoms with E-state index in [1.165, 1.54) is 5.56 Å². The molecular weight excluding hydrogens is 500 g/mol. The van der Waals surface area contributed by atoms with Crippen molar-refractivity contribution in [2.45, 2.75) is 36.1 Å². The first-order valence-corrected chi connectivity index (χ1v) is 12.7. The molecule has 5 nitrogen and oxygen atoms in total. The SMILES string of the molecule is COCCn1c(-c2ccc(C(C)C)cc2)nc2c(Br)c([S+]([O-])c3ccccc3)cc(OC)c21. The van der Waals surface area contributed by atoms with Gasteiger partial charge in [-0.2, -0.15) is 0 Å². The zero-order chi connectivity index (χ0) is 23.5. The van der Waals surface area contributed by atoms with Gasteiger partial charge in [-0.05, 0) is 39.5 Å². The van der Waals surface area contributed by atoms with Gasteiger partial charge in [0.25, 0.3) is 0 Å². The maximum absolute atomic E-state index is 13.4. The van der Waals surface area contributed by atoms with Gasteiger partial charge in [-0.3, -0.25) is 0 Å². The number of imidazole rings is 1. The van der Waals surface area contributed by atoms with Crippen LogP contribution in [0.15, 0.2) is 74.9 Å². The van der Waals surface area contributed by atoms with Crippen molar-refractivity contribution >= 4 is 38.1 Å². The fraction of sp³-hybridized carbons (Fsp3) is 0.269. The van der Waals surface area contributed by atoms with Crippen molar-refractivity contribution in [2.75, 3.05) is 20.8 Å². The van der Waals surface area contributed by atoms with Gasteiger partial charge in [-0.1, -0.05) is 56.3 Å². The summed E-state index contributed by atoms with van der Waals surface area (Å²) in [4.78, 5) is 6.35. The lowest BCUT2D eigenvalue weighted by Gasteiger charge is -2.15. The monoisotopic (exact) mass is 526 g/mol. The van der Waals surface area contributed by atoms with Crippen LogP contribution in [0.3, 0.4) is 0 Å². The molecule has 0 aliphatic heterocycles. The summed E-state index contributed by atoms with van der Waals surface area (Å²) in [5, 5.41) is 0. The Bertz CT molecular complexity index is 1240. The van der Waals surface area contributed by atoms with Crippen LogP contribution in [0.25, 0.3) is 22.4 Å². The second-order valence-electron chi connectivity index (χ2n) is 8.03. The number of ether oxygens (including phenoxy) is 2. The Morgan fingerprint density at radius 2 is 1.76 bits per heavy atom. The van der Waals surface area contributed by atoms with E-state index < -0.39 is 11.2 Å². The average molecular weight is 527 g/mol. The molecule has 0 aliphatic carbocycles. The number of hydrogen-bond acceptors (Lipinski definition) is 4. The number of nitrogens with zero attached hydrogens (tertiary/aromatic N) is 2. The van der Waals surface area contributed by atoms with E-state index >= 15 is 0 Å². The summed E-state index contributed by atoms with van der Waals surface area (Å²) < 4.78 is 27.4. The van der Waals surface area contributed by atoms with E-state index in [1.807, 2.05) is 36.4 Å². The van der Waals surface area contributed by atoms with Gasteiger partial charge in [-0.25, -0.2) is 4.98 Å². The third-order valence-electron chi connectivity index (χ3n) is 5.62. The van der Waals surface area contributed by atoms with Crippen LogP contribution in [0, 0.1) is 0 Å². The maximum atomic E-state index is 13.4. The smallest absolute Gasteiger partial charge is 0.178 e. The Kier molecular flexibility index (Phi) is 7.44. The Hall–Kier alpha value is -2.32. The predicted octanol–water partition coefficient (Wildman–Crippen LogP) is 6.41. The lowest BCUT2D eigenvalue weighted by Crippen LogP contribution is -2.08. The van der Waals surface area contributed by atoms with Crippen LogP contribution >= 0.6 is 15.9 Å². The average Bonchev–Trinajstić information content (AvgIpc) is 3.23. The molecule has 0 bridgehead atoms. The molecule has 1 aromatic heterocycles. The van der Waals surface area contributed by atoms with Crippen LogP contribution < -0.4 is 4.74 Å². The summed E-state index contributed by atoms with van der Waals surface area (Å²) in [5.41, 5.74) is 3.84. The second-order valence-corrected chi connectivity index (χ2v) is 10.3. The summed E-state index contributed by atoms with van der Waals surface area (Å²) in [5.74, 6) is 1.90. The van der Waals surface area contributed by atoms with Crippen molar-refractivity contribution in [1.29, 1.82) is 0 Å². The molecule has 0 aliphatic rings. The minimum atomic E-state index is -1.38. The number of halogens is 1. The molecule has 0 amide bonds. The molecule has 4 rings (SSSR count). The lowest BCUT2D eigenvalue weighted by atomic mass is 10.0. The van der Waals surface area contributed by atoms with Crippen molar-refractivity contribution in [3.63, 3.8) is 0 Å².